The van der Waals surface area contributed by atoms with Gasteiger partial charge < -0.3 is 19.7 Å². The molecule has 55 heavy (non-hydrogen) atoms. The number of hydrogen-bond donors (Lipinski definition) is 1. The minimum Gasteiger partial charge on any atom is -0.467 e. The number of allylic oxidation sites excluding steroid dienone is 3. The van der Waals surface area contributed by atoms with Gasteiger partial charge in [-0.25, -0.2) is 9.59 Å². The van der Waals surface area contributed by atoms with E-state index in [-0.39, 0.29) is 64.3 Å². The SMILES string of the molecule is C=C(C)[C@@H]1CC[C@]2(C(=O)NCCC(=O)N3CCCC3C(=O)OC)CC[C@]3(C)[C@H](CC[C@@H]4[C@@]5(C)CC=C(c6ccc(C(=O)OC)cc6)C(C)(C)[C@@H]5CC[C@]43C)[C@@H]12. The van der Waals surface area contributed by atoms with Gasteiger partial charge in [-0.15, -0.1) is 0 Å². The monoisotopic (exact) mass is 754 g/mol. The Kier molecular flexibility index (Phi) is 10.3. The van der Waals surface area contributed by atoms with E-state index >= 15 is 0 Å². The number of hydrogen-bond acceptors (Lipinski definition) is 6. The zero-order valence-electron chi connectivity index (χ0n) is 34.9. The highest BCUT2D eigenvalue weighted by Crippen LogP contribution is 2.77. The molecule has 5 aliphatic carbocycles. The molecule has 300 valence electrons. The Balaban J connectivity index is 1.12. The lowest BCUT2D eigenvalue weighted by Crippen LogP contribution is -2.66. The number of benzene rings is 1. The van der Waals surface area contributed by atoms with Crippen LogP contribution in [-0.4, -0.2) is 62.0 Å². The van der Waals surface area contributed by atoms with Crippen LogP contribution in [0.2, 0.25) is 0 Å². The first-order valence-electron chi connectivity index (χ1n) is 21.2. The minimum absolute atomic E-state index is 0.0223. The summed E-state index contributed by atoms with van der Waals surface area (Å²) in [6.07, 6.45) is 13.7. The van der Waals surface area contributed by atoms with E-state index in [4.69, 9.17) is 9.47 Å². The predicted molar refractivity (Wildman–Crippen MR) is 214 cm³/mol. The Morgan fingerprint density at radius 3 is 2.25 bits per heavy atom. The lowest BCUT2D eigenvalue weighted by Gasteiger charge is -2.72. The maximum absolute atomic E-state index is 14.6. The van der Waals surface area contributed by atoms with Crippen molar-refractivity contribution in [2.45, 2.75) is 125 Å². The maximum atomic E-state index is 14.6. The van der Waals surface area contributed by atoms with Crippen molar-refractivity contribution >= 4 is 29.3 Å². The van der Waals surface area contributed by atoms with E-state index < -0.39 is 11.5 Å². The summed E-state index contributed by atoms with van der Waals surface area (Å²) in [5.41, 5.74) is 4.31. The molecule has 1 N–H and O–H groups in total. The molecule has 1 aromatic carbocycles. The van der Waals surface area contributed by atoms with Crippen LogP contribution >= 0.6 is 0 Å². The fourth-order valence-electron chi connectivity index (χ4n) is 14.6. The summed E-state index contributed by atoms with van der Waals surface area (Å²) < 4.78 is 9.91. The molecular formula is C47H66N2O6. The number of fused-ring (bicyclic) bond motifs is 7. The molecule has 1 unspecified atom stereocenters. The van der Waals surface area contributed by atoms with E-state index in [1.807, 2.05) is 12.1 Å². The molecule has 5 fully saturated rings. The number of ether oxygens (including phenoxy) is 2. The first-order chi connectivity index (χ1) is 26.0. The van der Waals surface area contributed by atoms with E-state index in [0.717, 1.165) is 44.9 Å². The second-order valence-corrected chi connectivity index (χ2v) is 19.7. The standard InChI is InChI=1S/C47H66N2O6/c1-29(2)32-18-24-47(42(53)48-27-21-38(50)49-28-10-11-35(49)41(52)55-9)26-25-45(6)34(39(32)47)16-17-37-44(5)22-19-33(30-12-14-31(15-13-30)40(51)54-8)43(3,4)36(44)20-23-46(37,45)7/h12-15,19,32,34-37,39H,1,10-11,16-18,20-28H2,2-9H3,(H,48,53)/t32-,34+,35?,36-,37+,39+,44-,45+,46+,47-/m0/s1. The Morgan fingerprint density at radius 2 is 1.58 bits per heavy atom. The van der Waals surface area contributed by atoms with Gasteiger partial charge in [-0.05, 0) is 152 Å². The van der Waals surface area contributed by atoms with Crippen LogP contribution in [0.4, 0.5) is 0 Å². The molecule has 1 heterocycles. The number of rotatable bonds is 8. The predicted octanol–water partition coefficient (Wildman–Crippen LogP) is 8.79. The third-order valence-electron chi connectivity index (χ3n) is 17.4. The van der Waals surface area contributed by atoms with Crippen LogP contribution in [0.1, 0.15) is 135 Å². The molecule has 6 aliphatic rings. The van der Waals surface area contributed by atoms with E-state index in [9.17, 15) is 19.2 Å². The number of nitrogens with one attached hydrogen (secondary N) is 1. The van der Waals surface area contributed by atoms with Crippen molar-refractivity contribution in [3.05, 3.63) is 53.6 Å². The number of amides is 2. The fraction of sp³-hybridized carbons (Fsp3) is 0.702. The zero-order chi connectivity index (χ0) is 39.7. The van der Waals surface area contributed by atoms with Crippen molar-refractivity contribution in [2.75, 3.05) is 27.3 Å². The Morgan fingerprint density at radius 1 is 0.855 bits per heavy atom. The summed E-state index contributed by atoms with van der Waals surface area (Å²) in [5.74, 6) is 1.47. The number of likely N-dealkylation sites (tertiary alicyclic amines) is 1. The van der Waals surface area contributed by atoms with Crippen molar-refractivity contribution in [1.82, 2.24) is 10.2 Å². The summed E-state index contributed by atoms with van der Waals surface area (Å²) in [6, 6.07) is 7.46. The molecule has 0 radical (unpaired) electrons. The molecule has 0 bridgehead atoms. The molecule has 8 nitrogen and oxygen atoms in total. The van der Waals surface area contributed by atoms with Crippen molar-refractivity contribution < 1.29 is 28.7 Å². The largest absolute Gasteiger partial charge is 0.467 e. The van der Waals surface area contributed by atoms with Crippen molar-refractivity contribution in [1.29, 1.82) is 0 Å². The van der Waals surface area contributed by atoms with Crippen LogP contribution < -0.4 is 5.32 Å². The zero-order valence-corrected chi connectivity index (χ0v) is 34.9. The average Bonchev–Trinajstić information content (AvgIpc) is 3.81. The summed E-state index contributed by atoms with van der Waals surface area (Å²) in [7, 11) is 2.79. The van der Waals surface area contributed by atoms with Crippen LogP contribution in [-0.2, 0) is 23.9 Å². The maximum Gasteiger partial charge on any atom is 0.337 e. The summed E-state index contributed by atoms with van der Waals surface area (Å²) in [6.45, 7) is 20.3. The molecule has 1 aromatic rings. The highest BCUT2D eigenvalue weighted by molar-refractivity contribution is 5.90. The molecule has 1 saturated heterocycles. The lowest BCUT2D eigenvalue weighted by atomic mass is 9.32. The smallest absolute Gasteiger partial charge is 0.337 e. The molecule has 2 amide bonds. The van der Waals surface area contributed by atoms with Crippen molar-refractivity contribution in [3.8, 4) is 0 Å². The molecule has 7 rings (SSSR count). The van der Waals surface area contributed by atoms with Crippen molar-refractivity contribution in [2.24, 2.45) is 56.7 Å². The van der Waals surface area contributed by atoms with Gasteiger partial charge in [0.25, 0.3) is 0 Å². The molecule has 8 heteroatoms. The topological polar surface area (TPSA) is 102 Å². The van der Waals surface area contributed by atoms with Gasteiger partial charge in [0.05, 0.1) is 25.2 Å². The Hall–Kier alpha value is -3.42. The quantitative estimate of drug-likeness (QED) is 0.210. The third-order valence-corrected chi connectivity index (χ3v) is 17.4. The number of nitrogens with zero attached hydrogens (tertiary/aromatic N) is 1. The minimum atomic E-state index is -0.517. The number of carbonyl (C=O) groups excluding carboxylic acids is 4. The first-order valence-corrected chi connectivity index (χ1v) is 21.2. The van der Waals surface area contributed by atoms with Gasteiger partial charge in [0.2, 0.25) is 11.8 Å². The summed E-state index contributed by atoms with van der Waals surface area (Å²) in [5, 5.41) is 3.28. The first kappa shape index (κ1) is 39.8. The second kappa shape index (κ2) is 14.2. The number of esters is 2. The normalized spacial score (nSPS) is 38.7. The highest BCUT2D eigenvalue weighted by Gasteiger charge is 2.71. The van der Waals surface area contributed by atoms with Gasteiger partial charge in [-0.3, -0.25) is 9.59 Å². The molecule has 4 saturated carbocycles. The summed E-state index contributed by atoms with van der Waals surface area (Å²) >= 11 is 0. The Labute approximate surface area is 329 Å². The van der Waals surface area contributed by atoms with Crippen LogP contribution in [0.15, 0.2) is 42.5 Å². The fourth-order valence-corrected chi connectivity index (χ4v) is 14.6. The van der Waals surface area contributed by atoms with E-state index in [2.05, 4.69) is 71.6 Å². The van der Waals surface area contributed by atoms with Gasteiger partial charge in [0.15, 0.2) is 0 Å². The van der Waals surface area contributed by atoms with E-state index in [1.54, 1.807) is 4.90 Å². The molecule has 10 atom stereocenters. The molecule has 1 aliphatic heterocycles. The van der Waals surface area contributed by atoms with Gasteiger partial charge in [0, 0.05) is 19.5 Å². The average molecular weight is 755 g/mol. The van der Waals surface area contributed by atoms with Gasteiger partial charge in [-0.2, -0.15) is 0 Å². The second-order valence-electron chi connectivity index (χ2n) is 19.7. The lowest BCUT2D eigenvalue weighted by molar-refractivity contribution is -0.225. The van der Waals surface area contributed by atoms with Crippen LogP contribution in [0.3, 0.4) is 0 Å². The van der Waals surface area contributed by atoms with Crippen LogP contribution in [0, 0.1) is 56.7 Å². The molecule has 0 spiro atoms. The van der Waals surface area contributed by atoms with Crippen LogP contribution in [0.5, 0.6) is 0 Å². The summed E-state index contributed by atoms with van der Waals surface area (Å²) in [4.78, 5) is 53.9. The van der Waals surface area contributed by atoms with Gasteiger partial charge >= 0.3 is 11.9 Å². The van der Waals surface area contributed by atoms with Gasteiger partial charge in [-0.1, -0.05) is 65.0 Å². The number of methoxy groups -OCH3 is 2. The molecule has 0 aromatic heterocycles. The van der Waals surface area contributed by atoms with Crippen LogP contribution in [0.25, 0.3) is 5.57 Å². The van der Waals surface area contributed by atoms with E-state index in [1.165, 1.54) is 50.2 Å². The Bertz CT molecular complexity index is 1760. The molecular weight excluding hydrogens is 689 g/mol. The van der Waals surface area contributed by atoms with E-state index in [0.29, 0.717) is 42.2 Å². The highest BCUT2D eigenvalue weighted by atomic mass is 16.5. The van der Waals surface area contributed by atoms with Gasteiger partial charge in [0.1, 0.15) is 6.04 Å². The number of carbonyl (C=O) groups is 4. The third kappa shape index (κ3) is 5.96. The van der Waals surface area contributed by atoms with Crippen molar-refractivity contribution in [3.63, 3.8) is 0 Å².